The number of hydrogen-bond donors (Lipinski definition) is 0. The fraction of sp³-hybridized carbons (Fsp3) is 0.278. The van der Waals surface area contributed by atoms with Crippen molar-refractivity contribution in [3.05, 3.63) is 53.9 Å². The molecule has 0 N–H and O–H groups in total. The zero-order valence-corrected chi connectivity index (χ0v) is 13.9. The van der Waals surface area contributed by atoms with Gasteiger partial charge in [-0.3, -0.25) is 14.8 Å². The lowest BCUT2D eigenvalue weighted by Gasteiger charge is -2.12. The third-order valence-corrected chi connectivity index (χ3v) is 3.38. The Hall–Kier alpha value is -2.73. The summed E-state index contributed by atoms with van der Waals surface area (Å²) in [5, 5.41) is 0. The second-order valence-corrected chi connectivity index (χ2v) is 4.92. The van der Waals surface area contributed by atoms with Crippen molar-refractivity contribution < 1.29 is 19.0 Å². The molecule has 1 heterocycles. The Labute approximate surface area is 141 Å². The predicted octanol–water partition coefficient (Wildman–Crippen LogP) is 2.47. The topological polar surface area (TPSA) is 70.0 Å². The summed E-state index contributed by atoms with van der Waals surface area (Å²) < 4.78 is 15.7. The van der Waals surface area contributed by atoms with Crippen LogP contribution in [0.1, 0.15) is 17.4 Å². The molecule has 0 aliphatic heterocycles. The fourth-order valence-electron chi connectivity index (χ4n) is 2.21. The number of Topliss-reactive ketones (excluding diaryl/α,β-unsaturated/α-hetero) is 1. The number of carbonyl (C=O) groups excluding carboxylic acids is 1. The van der Waals surface area contributed by atoms with Crippen LogP contribution in [-0.4, -0.2) is 44.9 Å². The molecule has 6 nitrogen and oxygen atoms in total. The first kappa shape index (κ1) is 17.6. The van der Waals surface area contributed by atoms with Gasteiger partial charge in [0.1, 0.15) is 6.54 Å². The number of hydrogen-bond acceptors (Lipinski definition) is 6. The summed E-state index contributed by atoms with van der Waals surface area (Å²) in [5.74, 6) is 1.09. The number of rotatable bonds is 8. The minimum Gasteiger partial charge on any atom is -0.493 e. The fourth-order valence-corrected chi connectivity index (χ4v) is 2.21. The maximum Gasteiger partial charge on any atom is 0.188 e. The van der Waals surface area contributed by atoms with Gasteiger partial charge in [0.15, 0.2) is 23.4 Å². The van der Waals surface area contributed by atoms with E-state index in [1.165, 1.54) is 7.11 Å². The molecule has 0 fully saturated rings. The standard InChI is InChI=1S/C18H20N2O4/c1-22-16-8-7-13(10-17(16)23-2)11-19-12-15(21)18(24-3)14-6-4-5-9-20-14/h4-11,18H,12H2,1-3H3. The van der Waals surface area contributed by atoms with Crippen LogP contribution in [0.5, 0.6) is 11.5 Å². The van der Waals surface area contributed by atoms with Crippen LogP contribution < -0.4 is 9.47 Å². The highest BCUT2D eigenvalue weighted by Crippen LogP contribution is 2.26. The van der Waals surface area contributed by atoms with Crippen LogP contribution in [0.4, 0.5) is 0 Å². The molecule has 6 heteroatoms. The normalized spacial score (nSPS) is 12.1. The minimum atomic E-state index is -0.714. The van der Waals surface area contributed by atoms with Gasteiger partial charge in [-0.25, -0.2) is 0 Å². The van der Waals surface area contributed by atoms with Crippen molar-refractivity contribution in [2.24, 2.45) is 4.99 Å². The van der Waals surface area contributed by atoms with E-state index in [1.54, 1.807) is 50.9 Å². The van der Waals surface area contributed by atoms with Gasteiger partial charge in [-0.1, -0.05) is 6.07 Å². The molecule has 0 amide bonds. The second-order valence-electron chi connectivity index (χ2n) is 4.92. The number of aromatic nitrogens is 1. The van der Waals surface area contributed by atoms with Crippen LogP contribution in [0.15, 0.2) is 47.6 Å². The first-order valence-electron chi connectivity index (χ1n) is 7.38. The lowest BCUT2D eigenvalue weighted by molar-refractivity contribution is -0.127. The Morgan fingerprint density at radius 2 is 1.96 bits per heavy atom. The Bertz CT molecular complexity index is 701. The number of methoxy groups -OCH3 is 3. The van der Waals surface area contributed by atoms with Crippen molar-refractivity contribution in [1.82, 2.24) is 4.98 Å². The average Bonchev–Trinajstić information content (AvgIpc) is 2.63. The Morgan fingerprint density at radius 1 is 1.17 bits per heavy atom. The third kappa shape index (κ3) is 4.39. The summed E-state index contributed by atoms with van der Waals surface area (Å²) in [5.41, 5.74) is 1.39. The quantitative estimate of drug-likeness (QED) is 0.696. The molecule has 0 saturated carbocycles. The third-order valence-electron chi connectivity index (χ3n) is 3.38. The molecule has 2 rings (SSSR count). The molecular formula is C18H20N2O4. The maximum atomic E-state index is 12.3. The molecule has 1 aromatic heterocycles. The second kappa shape index (κ2) is 8.79. The van der Waals surface area contributed by atoms with Gasteiger partial charge < -0.3 is 14.2 Å². The first-order valence-corrected chi connectivity index (χ1v) is 7.38. The minimum absolute atomic E-state index is 0.00340. The molecule has 126 valence electrons. The number of carbonyl (C=O) groups is 1. The van der Waals surface area contributed by atoms with E-state index in [1.807, 2.05) is 12.1 Å². The Kier molecular flexibility index (Phi) is 6.45. The first-order chi connectivity index (χ1) is 11.7. The summed E-state index contributed by atoms with van der Waals surface area (Å²) >= 11 is 0. The number of ketones is 1. The van der Waals surface area contributed by atoms with Crippen molar-refractivity contribution in [2.75, 3.05) is 27.9 Å². The van der Waals surface area contributed by atoms with Crippen molar-refractivity contribution in [1.29, 1.82) is 0 Å². The summed E-state index contributed by atoms with van der Waals surface area (Å²) in [6, 6.07) is 10.8. The van der Waals surface area contributed by atoms with E-state index in [-0.39, 0.29) is 12.3 Å². The van der Waals surface area contributed by atoms with E-state index in [4.69, 9.17) is 14.2 Å². The number of benzene rings is 1. The van der Waals surface area contributed by atoms with Crippen LogP contribution in [0.2, 0.25) is 0 Å². The average molecular weight is 328 g/mol. The van der Waals surface area contributed by atoms with Gasteiger partial charge in [0, 0.05) is 19.5 Å². The van der Waals surface area contributed by atoms with Gasteiger partial charge >= 0.3 is 0 Å². The summed E-state index contributed by atoms with van der Waals surface area (Å²) in [6.07, 6.45) is 2.53. The smallest absolute Gasteiger partial charge is 0.188 e. The highest BCUT2D eigenvalue weighted by Gasteiger charge is 2.20. The zero-order valence-electron chi connectivity index (χ0n) is 13.9. The van der Waals surface area contributed by atoms with Crippen LogP contribution >= 0.6 is 0 Å². The van der Waals surface area contributed by atoms with Gasteiger partial charge in [-0.05, 0) is 35.9 Å². The maximum absolute atomic E-state index is 12.3. The number of pyridine rings is 1. The SMILES string of the molecule is COc1ccc(C=NCC(=O)C(OC)c2ccccn2)cc1OC. The van der Waals surface area contributed by atoms with Gasteiger partial charge in [-0.2, -0.15) is 0 Å². The van der Waals surface area contributed by atoms with E-state index in [2.05, 4.69) is 9.98 Å². The van der Waals surface area contributed by atoms with E-state index in [0.29, 0.717) is 17.2 Å². The van der Waals surface area contributed by atoms with Crippen molar-refractivity contribution in [3.8, 4) is 11.5 Å². The molecule has 1 aromatic carbocycles. The molecule has 0 bridgehead atoms. The molecule has 0 saturated heterocycles. The van der Waals surface area contributed by atoms with Crippen LogP contribution in [-0.2, 0) is 9.53 Å². The van der Waals surface area contributed by atoms with Gasteiger partial charge in [0.05, 0.1) is 19.9 Å². The van der Waals surface area contributed by atoms with Crippen LogP contribution in [0.3, 0.4) is 0 Å². The molecule has 0 aliphatic carbocycles. The Balaban J connectivity index is 2.04. The summed E-state index contributed by atoms with van der Waals surface area (Å²) in [6.45, 7) is 0.00340. The van der Waals surface area contributed by atoms with Crippen molar-refractivity contribution in [3.63, 3.8) is 0 Å². The molecule has 2 aromatic rings. The van der Waals surface area contributed by atoms with E-state index in [0.717, 1.165) is 5.56 Å². The lowest BCUT2D eigenvalue weighted by atomic mass is 10.1. The molecule has 24 heavy (non-hydrogen) atoms. The van der Waals surface area contributed by atoms with Crippen LogP contribution in [0, 0.1) is 0 Å². The van der Waals surface area contributed by atoms with Crippen molar-refractivity contribution >= 4 is 12.0 Å². The van der Waals surface area contributed by atoms with Gasteiger partial charge in [-0.15, -0.1) is 0 Å². The van der Waals surface area contributed by atoms with E-state index >= 15 is 0 Å². The lowest BCUT2D eigenvalue weighted by Crippen LogP contribution is -2.18. The van der Waals surface area contributed by atoms with E-state index < -0.39 is 6.10 Å². The molecular weight excluding hydrogens is 308 g/mol. The number of ether oxygens (including phenoxy) is 3. The van der Waals surface area contributed by atoms with E-state index in [9.17, 15) is 4.79 Å². The van der Waals surface area contributed by atoms with Crippen LogP contribution in [0.25, 0.3) is 0 Å². The molecule has 1 unspecified atom stereocenters. The molecule has 1 atom stereocenters. The van der Waals surface area contributed by atoms with Gasteiger partial charge in [0.25, 0.3) is 0 Å². The highest BCUT2D eigenvalue weighted by molar-refractivity contribution is 5.89. The summed E-state index contributed by atoms with van der Waals surface area (Å²) in [4.78, 5) is 20.6. The zero-order chi connectivity index (χ0) is 17.4. The highest BCUT2D eigenvalue weighted by atomic mass is 16.5. The number of nitrogens with zero attached hydrogens (tertiary/aromatic N) is 2. The van der Waals surface area contributed by atoms with Gasteiger partial charge in [0.2, 0.25) is 0 Å². The molecule has 0 radical (unpaired) electrons. The summed E-state index contributed by atoms with van der Waals surface area (Å²) in [7, 11) is 4.63. The number of aliphatic imine (C=N–C) groups is 1. The Morgan fingerprint density at radius 3 is 2.58 bits per heavy atom. The largest absolute Gasteiger partial charge is 0.493 e. The predicted molar refractivity (Wildman–Crippen MR) is 91.0 cm³/mol. The molecule has 0 spiro atoms. The van der Waals surface area contributed by atoms with Crippen molar-refractivity contribution in [2.45, 2.75) is 6.10 Å². The monoisotopic (exact) mass is 328 g/mol. The molecule has 0 aliphatic rings.